The third kappa shape index (κ3) is 2.19. The number of rotatable bonds is 2. The van der Waals surface area contributed by atoms with Gasteiger partial charge in [-0.1, -0.05) is 24.3 Å². The molecule has 2 nitrogen and oxygen atoms in total. The molecule has 1 N–H and O–H groups in total. The molecule has 1 aromatic carbocycles. The molecule has 0 radical (unpaired) electrons. The molecular weight excluding hydrogens is 220 g/mol. The maximum atomic E-state index is 3.67. The van der Waals surface area contributed by atoms with Crippen LogP contribution in [0.3, 0.4) is 0 Å². The van der Waals surface area contributed by atoms with Gasteiger partial charge in [0.25, 0.3) is 0 Å². The minimum absolute atomic E-state index is 0.209. The van der Waals surface area contributed by atoms with Crippen LogP contribution in [0.2, 0.25) is 0 Å². The monoisotopic (exact) mass is 244 g/mol. The lowest BCUT2D eigenvalue weighted by atomic mass is 9.87. The van der Waals surface area contributed by atoms with E-state index in [-0.39, 0.29) is 5.54 Å². The van der Waals surface area contributed by atoms with Crippen molar-refractivity contribution in [3.05, 3.63) is 35.4 Å². The number of nitrogens with zero attached hydrogens (tertiary/aromatic N) is 1. The molecule has 0 amide bonds. The maximum absolute atomic E-state index is 3.67. The van der Waals surface area contributed by atoms with Crippen LogP contribution in [0.5, 0.6) is 0 Å². The molecule has 2 fully saturated rings. The van der Waals surface area contributed by atoms with E-state index in [4.69, 9.17) is 0 Å². The van der Waals surface area contributed by atoms with Crippen LogP contribution in [0.25, 0.3) is 0 Å². The van der Waals surface area contributed by atoms with Crippen LogP contribution in [0.1, 0.15) is 43.2 Å². The second kappa shape index (κ2) is 4.67. The average molecular weight is 244 g/mol. The first-order chi connectivity index (χ1) is 8.67. The van der Waals surface area contributed by atoms with E-state index in [2.05, 4.69) is 48.5 Å². The normalized spacial score (nSPS) is 33.1. The van der Waals surface area contributed by atoms with Gasteiger partial charge in [0.1, 0.15) is 0 Å². The van der Waals surface area contributed by atoms with Gasteiger partial charge in [0.15, 0.2) is 0 Å². The first kappa shape index (κ1) is 12.2. The van der Waals surface area contributed by atoms with Gasteiger partial charge in [-0.3, -0.25) is 0 Å². The van der Waals surface area contributed by atoms with Gasteiger partial charge in [0.05, 0.1) is 0 Å². The number of likely N-dealkylation sites (tertiary alicyclic amines) is 1. The van der Waals surface area contributed by atoms with Crippen LogP contribution in [0.15, 0.2) is 24.3 Å². The van der Waals surface area contributed by atoms with E-state index < -0.39 is 0 Å². The van der Waals surface area contributed by atoms with Crippen molar-refractivity contribution in [1.82, 2.24) is 10.2 Å². The third-order valence-corrected chi connectivity index (χ3v) is 4.76. The van der Waals surface area contributed by atoms with Crippen LogP contribution in [-0.2, 0) is 5.54 Å². The van der Waals surface area contributed by atoms with Crippen molar-refractivity contribution in [3.63, 3.8) is 0 Å². The minimum Gasteiger partial charge on any atom is -0.308 e. The number of likely N-dealkylation sites (N-methyl/N-ethyl adjacent to an activating group) is 1. The smallest absolute Gasteiger partial charge is 0.0406 e. The molecule has 1 aromatic rings. The molecule has 2 aliphatic heterocycles. The van der Waals surface area contributed by atoms with Crippen molar-refractivity contribution in [2.75, 3.05) is 26.7 Å². The molecule has 2 unspecified atom stereocenters. The zero-order valence-electron chi connectivity index (χ0n) is 11.6. The molecule has 2 aliphatic rings. The van der Waals surface area contributed by atoms with Crippen molar-refractivity contribution < 1.29 is 0 Å². The summed E-state index contributed by atoms with van der Waals surface area (Å²) in [5.74, 6) is 0.736. The Labute approximate surface area is 110 Å². The van der Waals surface area contributed by atoms with Crippen molar-refractivity contribution >= 4 is 0 Å². The average Bonchev–Trinajstić information content (AvgIpc) is 2.99. The van der Waals surface area contributed by atoms with Gasteiger partial charge in [0.2, 0.25) is 0 Å². The summed E-state index contributed by atoms with van der Waals surface area (Å²) < 4.78 is 0. The highest BCUT2D eigenvalue weighted by Crippen LogP contribution is 2.33. The van der Waals surface area contributed by atoms with Crippen LogP contribution in [-0.4, -0.2) is 31.6 Å². The van der Waals surface area contributed by atoms with Gasteiger partial charge < -0.3 is 10.2 Å². The zero-order chi connectivity index (χ0) is 12.6. The Hall–Kier alpha value is -0.860. The summed E-state index contributed by atoms with van der Waals surface area (Å²) in [6, 6.07) is 9.29. The Morgan fingerprint density at radius 2 is 2.28 bits per heavy atom. The highest BCUT2D eigenvalue weighted by molar-refractivity contribution is 5.32. The Balaban J connectivity index is 1.85. The molecule has 2 heteroatoms. The van der Waals surface area contributed by atoms with Gasteiger partial charge >= 0.3 is 0 Å². The van der Waals surface area contributed by atoms with Crippen molar-refractivity contribution in [2.45, 2.75) is 37.6 Å². The van der Waals surface area contributed by atoms with Crippen molar-refractivity contribution in [2.24, 2.45) is 0 Å². The molecule has 0 saturated carbocycles. The summed E-state index contributed by atoms with van der Waals surface area (Å²) >= 11 is 0. The number of hydrogen-bond acceptors (Lipinski definition) is 2. The van der Waals surface area contributed by atoms with E-state index in [9.17, 15) is 0 Å². The first-order valence-electron chi connectivity index (χ1n) is 7.21. The summed E-state index contributed by atoms with van der Waals surface area (Å²) in [6.45, 7) is 5.96. The highest BCUT2D eigenvalue weighted by atomic mass is 15.1. The second-order valence-electron chi connectivity index (χ2n) is 6.24. The highest BCUT2D eigenvalue weighted by Gasteiger charge is 2.30. The largest absolute Gasteiger partial charge is 0.308 e. The number of benzene rings is 1. The van der Waals surface area contributed by atoms with E-state index >= 15 is 0 Å². The lowest BCUT2D eigenvalue weighted by Crippen LogP contribution is -2.33. The van der Waals surface area contributed by atoms with E-state index in [0.717, 1.165) is 12.5 Å². The van der Waals surface area contributed by atoms with Gasteiger partial charge in [-0.2, -0.15) is 0 Å². The minimum atomic E-state index is 0.209. The van der Waals surface area contributed by atoms with Crippen LogP contribution in [0, 0.1) is 0 Å². The summed E-state index contributed by atoms with van der Waals surface area (Å²) in [7, 11) is 2.23. The third-order valence-electron chi connectivity index (χ3n) is 4.76. The molecular formula is C16H24N2. The van der Waals surface area contributed by atoms with Gasteiger partial charge in [-0.15, -0.1) is 0 Å². The van der Waals surface area contributed by atoms with Gasteiger partial charge in [-0.25, -0.2) is 0 Å². The molecule has 0 aliphatic carbocycles. The quantitative estimate of drug-likeness (QED) is 0.860. The van der Waals surface area contributed by atoms with E-state index in [1.165, 1.54) is 43.5 Å². The van der Waals surface area contributed by atoms with Crippen LogP contribution < -0.4 is 5.32 Å². The molecule has 2 atom stereocenters. The molecule has 0 bridgehead atoms. The number of hydrogen-bond donors (Lipinski definition) is 1. The Morgan fingerprint density at radius 3 is 2.94 bits per heavy atom. The van der Waals surface area contributed by atoms with E-state index in [1.54, 1.807) is 0 Å². The summed E-state index contributed by atoms with van der Waals surface area (Å²) in [6.07, 6.45) is 3.87. The molecule has 3 rings (SSSR count). The van der Waals surface area contributed by atoms with Crippen LogP contribution >= 0.6 is 0 Å². The summed E-state index contributed by atoms with van der Waals surface area (Å²) in [5.41, 5.74) is 3.22. The van der Waals surface area contributed by atoms with Crippen molar-refractivity contribution in [1.29, 1.82) is 0 Å². The summed E-state index contributed by atoms with van der Waals surface area (Å²) in [5, 5.41) is 3.67. The summed E-state index contributed by atoms with van der Waals surface area (Å²) in [4.78, 5) is 2.44. The Kier molecular flexibility index (Phi) is 3.16. The maximum Gasteiger partial charge on any atom is 0.0406 e. The fourth-order valence-corrected chi connectivity index (χ4v) is 3.48. The van der Waals surface area contributed by atoms with Crippen molar-refractivity contribution in [3.8, 4) is 0 Å². The standard InChI is InChI=1S/C16H24N2/c1-16(8-4-9-17-16)15-6-3-5-13(11-15)14-7-10-18(2)12-14/h3,5-6,11,14,17H,4,7-10,12H2,1-2H3. The topological polar surface area (TPSA) is 15.3 Å². The van der Waals surface area contributed by atoms with E-state index in [0.29, 0.717) is 0 Å². The molecule has 2 heterocycles. The SMILES string of the molecule is CN1CCC(c2cccc(C3(C)CCCN3)c2)C1. The van der Waals surface area contributed by atoms with E-state index in [1.807, 2.05) is 0 Å². The molecule has 98 valence electrons. The predicted octanol–water partition coefficient (Wildman–Crippen LogP) is 2.70. The van der Waals surface area contributed by atoms with Gasteiger partial charge in [-0.05, 0) is 63.4 Å². The number of nitrogens with one attached hydrogen (secondary N) is 1. The van der Waals surface area contributed by atoms with Crippen LogP contribution in [0.4, 0.5) is 0 Å². The first-order valence-corrected chi connectivity index (χ1v) is 7.21. The lowest BCUT2D eigenvalue weighted by molar-refractivity contribution is 0.411. The lowest BCUT2D eigenvalue weighted by Gasteiger charge is -2.26. The molecule has 2 saturated heterocycles. The predicted molar refractivity (Wildman–Crippen MR) is 75.9 cm³/mol. The molecule has 0 spiro atoms. The molecule has 18 heavy (non-hydrogen) atoms. The second-order valence-corrected chi connectivity index (χ2v) is 6.24. The fraction of sp³-hybridized carbons (Fsp3) is 0.625. The zero-order valence-corrected chi connectivity index (χ0v) is 11.6. The Morgan fingerprint density at radius 1 is 1.39 bits per heavy atom. The Bertz CT molecular complexity index is 421. The van der Waals surface area contributed by atoms with Gasteiger partial charge in [0, 0.05) is 12.1 Å². The molecule has 0 aromatic heterocycles. The fourth-order valence-electron chi connectivity index (χ4n) is 3.48.